The molecule has 0 aliphatic heterocycles. The van der Waals surface area contributed by atoms with Crippen molar-refractivity contribution in [3.63, 3.8) is 0 Å². The van der Waals surface area contributed by atoms with Crippen LogP contribution >= 0.6 is 0 Å². The zero-order valence-corrected chi connectivity index (χ0v) is 8.39. The van der Waals surface area contributed by atoms with Crippen molar-refractivity contribution in [2.75, 3.05) is 0 Å². The van der Waals surface area contributed by atoms with Crippen molar-refractivity contribution >= 4 is 6.08 Å². The Bertz CT molecular complexity index is 375. The van der Waals surface area contributed by atoms with E-state index < -0.39 is 17.7 Å². The van der Waals surface area contributed by atoms with Gasteiger partial charge in [0.25, 0.3) is 0 Å². The molecule has 0 heterocycles. The minimum absolute atomic E-state index is 1.17. The molecule has 4 heteroatoms. The average molecular weight is 230 g/mol. The summed E-state index contributed by atoms with van der Waals surface area (Å²) in [6, 6.07) is 10.0. The summed E-state index contributed by atoms with van der Waals surface area (Å²) in [5, 5.41) is 0. The Hall–Kier alpha value is -1.84. The lowest BCUT2D eigenvalue weighted by Crippen LogP contribution is -1.72. The van der Waals surface area contributed by atoms with Crippen LogP contribution < -0.4 is 0 Å². The summed E-state index contributed by atoms with van der Waals surface area (Å²) < 4.78 is 44.3. The molecule has 86 valence electrons. The first-order valence-corrected chi connectivity index (χ1v) is 4.22. The fourth-order valence-electron chi connectivity index (χ4n) is 0.692. The van der Waals surface area contributed by atoms with E-state index in [1.165, 1.54) is 5.56 Å². The van der Waals surface area contributed by atoms with Crippen LogP contribution in [0.5, 0.6) is 0 Å². The largest absolute Gasteiger partial charge is 0.308 e. The fourth-order valence-corrected chi connectivity index (χ4v) is 0.692. The van der Waals surface area contributed by atoms with E-state index in [-0.39, 0.29) is 0 Å². The summed E-state index contributed by atoms with van der Waals surface area (Å²) >= 11 is 0. The zero-order valence-electron chi connectivity index (χ0n) is 8.39. The van der Waals surface area contributed by atoms with Gasteiger partial charge in [0.05, 0.1) is 0 Å². The summed E-state index contributed by atoms with van der Waals surface area (Å²) in [6.07, 6.45) is -0.850. The monoisotopic (exact) mass is 230 g/mol. The molecule has 0 aliphatic rings. The van der Waals surface area contributed by atoms with E-state index in [0.29, 0.717) is 0 Å². The van der Waals surface area contributed by atoms with E-state index in [1.807, 2.05) is 36.4 Å². The van der Waals surface area contributed by atoms with Crippen molar-refractivity contribution in [3.8, 4) is 0 Å². The quantitative estimate of drug-likeness (QED) is 0.502. The molecule has 0 fully saturated rings. The predicted octanol–water partition coefficient (Wildman–Crippen LogP) is 4.88. The molecule has 0 aromatic heterocycles. The summed E-state index contributed by atoms with van der Waals surface area (Å²) in [4.78, 5) is 0. The van der Waals surface area contributed by atoms with Crippen LogP contribution in [-0.4, -0.2) is 0 Å². The van der Waals surface area contributed by atoms with E-state index >= 15 is 0 Å². The van der Waals surface area contributed by atoms with E-state index in [2.05, 4.69) is 13.2 Å². The highest BCUT2D eigenvalue weighted by Gasteiger charge is 2.07. The average Bonchev–Trinajstić information content (AvgIpc) is 2.29. The summed E-state index contributed by atoms with van der Waals surface area (Å²) in [5.74, 6) is -3.92. The first-order valence-electron chi connectivity index (χ1n) is 4.22. The van der Waals surface area contributed by atoms with Crippen LogP contribution in [0.3, 0.4) is 0 Å². The summed E-state index contributed by atoms with van der Waals surface area (Å²) in [7, 11) is 0. The van der Waals surface area contributed by atoms with Gasteiger partial charge in [0, 0.05) is 0 Å². The number of allylic oxidation sites excluding steroid dienone is 2. The van der Waals surface area contributed by atoms with Crippen molar-refractivity contribution in [1.82, 2.24) is 0 Å². The minimum Gasteiger partial charge on any atom is -0.204 e. The molecule has 16 heavy (non-hydrogen) atoms. The Balaban J connectivity index is 0.000000281. The molecule has 1 rings (SSSR count). The molecule has 0 atom stereocenters. The topological polar surface area (TPSA) is 0 Å². The SMILES string of the molecule is C=C(F)C(F)=C(F)F.C=Cc1ccccc1. The van der Waals surface area contributed by atoms with E-state index in [4.69, 9.17) is 0 Å². The molecule has 0 bridgehead atoms. The molecule has 0 aliphatic carbocycles. The second kappa shape index (κ2) is 7.45. The lowest BCUT2D eigenvalue weighted by atomic mass is 10.2. The van der Waals surface area contributed by atoms with Crippen molar-refractivity contribution < 1.29 is 17.6 Å². The van der Waals surface area contributed by atoms with Crippen LogP contribution in [0.4, 0.5) is 17.6 Å². The first kappa shape index (κ1) is 14.2. The third-order valence-electron chi connectivity index (χ3n) is 1.44. The van der Waals surface area contributed by atoms with Crippen molar-refractivity contribution in [3.05, 3.63) is 66.8 Å². The standard InChI is InChI=1S/C8H8.C4H2F4/c1-2-8-6-4-3-5-7-8;1-2(5)3(6)4(7)8/h2-7H,1H2;1H2. The Morgan fingerprint density at radius 3 is 1.69 bits per heavy atom. The van der Waals surface area contributed by atoms with Crippen LogP contribution in [0, 0.1) is 0 Å². The van der Waals surface area contributed by atoms with Gasteiger partial charge in [-0.25, -0.2) is 4.39 Å². The molecular weight excluding hydrogens is 220 g/mol. The number of benzene rings is 1. The molecule has 0 spiro atoms. The molecular formula is C12H10F4. The van der Waals surface area contributed by atoms with Gasteiger partial charge in [-0.15, -0.1) is 0 Å². The second-order valence-corrected chi connectivity index (χ2v) is 2.59. The van der Waals surface area contributed by atoms with E-state index in [0.717, 1.165) is 0 Å². The normalized spacial score (nSPS) is 8.50. The molecule has 1 aromatic carbocycles. The second-order valence-electron chi connectivity index (χ2n) is 2.59. The summed E-state index contributed by atoms with van der Waals surface area (Å²) in [6.45, 7) is 5.93. The van der Waals surface area contributed by atoms with Gasteiger partial charge in [-0.2, -0.15) is 13.2 Å². The maximum atomic E-state index is 11.3. The molecule has 0 N–H and O–H groups in total. The van der Waals surface area contributed by atoms with Crippen LogP contribution in [-0.2, 0) is 0 Å². The van der Waals surface area contributed by atoms with Gasteiger partial charge in [0.1, 0.15) is 0 Å². The molecule has 0 unspecified atom stereocenters. The van der Waals surface area contributed by atoms with Crippen LogP contribution in [0.1, 0.15) is 5.56 Å². The number of halogens is 4. The van der Waals surface area contributed by atoms with E-state index in [9.17, 15) is 17.6 Å². The first-order chi connectivity index (χ1) is 7.49. The molecule has 0 amide bonds. The fraction of sp³-hybridized carbons (Fsp3) is 0. The molecule has 1 aromatic rings. The van der Waals surface area contributed by atoms with Crippen molar-refractivity contribution in [1.29, 1.82) is 0 Å². The number of hydrogen-bond acceptors (Lipinski definition) is 0. The van der Waals surface area contributed by atoms with Gasteiger partial charge in [0.15, 0.2) is 5.83 Å². The highest BCUT2D eigenvalue weighted by Crippen LogP contribution is 2.16. The maximum absolute atomic E-state index is 11.3. The van der Waals surface area contributed by atoms with Gasteiger partial charge in [-0.3, -0.25) is 0 Å². The van der Waals surface area contributed by atoms with Gasteiger partial charge >= 0.3 is 6.08 Å². The Kier molecular flexibility index (Phi) is 6.59. The van der Waals surface area contributed by atoms with Crippen molar-refractivity contribution in [2.45, 2.75) is 0 Å². The van der Waals surface area contributed by atoms with E-state index in [1.54, 1.807) is 0 Å². The highest BCUT2D eigenvalue weighted by atomic mass is 19.3. The van der Waals surface area contributed by atoms with Crippen LogP contribution in [0.25, 0.3) is 6.08 Å². The van der Waals surface area contributed by atoms with Crippen molar-refractivity contribution in [2.24, 2.45) is 0 Å². The predicted molar refractivity (Wildman–Crippen MR) is 57.1 cm³/mol. The smallest absolute Gasteiger partial charge is 0.204 e. The van der Waals surface area contributed by atoms with Crippen LogP contribution in [0.15, 0.2) is 61.2 Å². The number of hydrogen-bond donors (Lipinski definition) is 0. The third kappa shape index (κ3) is 5.80. The lowest BCUT2D eigenvalue weighted by Gasteiger charge is -1.85. The molecule has 0 saturated carbocycles. The minimum atomic E-state index is -2.68. The molecule has 0 radical (unpaired) electrons. The number of rotatable bonds is 2. The van der Waals surface area contributed by atoms with Crippen LogP contribution in [0.2, 0.25) is 0 Å². The Labute approximate surface area is 91.2 Å². The lowest BCUT2D eigenvalue weighted by molar-refractivity contribution is 0.372. The van der Waals surface area contributed by atoms with Gasteiger partial charge in [-0.05, 0) is 5.56 Å². The zero-order chi connectivity index (χ0) is 12.6. The highest BCUT2D eigenvalue weighted by molar-refractivity contribution is 5.45. The molecule has 0 saturated heterocycles. The third-order valence-corrected chi connectivity index (χ3v) is 1.44. The Morgan fingerprint density at radius 1 is 1.00 bits per heavy atom. The molecule has 0 nitrogen and oxygen atoms in total. The van der Waals surface area contributed by atoms with Gasteiger partial charge in [0.2, 0.25) is 5.83 Å². The van der Waals surface area contributed by atoms with Gasteiger partial charge in [-0.1, -0.05) is 49.6 Å². The Morgan fingerprint density at radius 2 is 1.50 bits per heavy atom. The van der Waals surface area contributed by atoms with Gasteiger partial charge < -0.3 is 0 Å². The maximum Gasteiger partial charge on any atom is 0.308 e. The summed E-state index contributed by atoms with van der Waals surface area (Å²) in [5.41, 5.74) is 1.17.